The lowest BCUT2D eigenvalue weighted by molar-refractivity contribution is 0.171. The minimum atomic E-state index is 0.202. The van der Waals surface area contributed by atoms with Crippen LogP contribution in [0.25, 0.3) is 0 Å². The number of carbonyl (C=O) groups excluding carboxylic acids is 1. The summed E-state index contributed by atoms with van der Waals surface area (Å²) >= 11 is 0. The maximum absolute atomic E-state index is 12.4. The van der Waals surface area contributed by atoms with Crippen LogP contribution in [0.4, 0.5) is 4.79 Å². The van der Waals surface area contributed by atoms with Gasteiger partial charge < -0.3 is 15.1 Å². The first kappa shape index (κ1) is 13.2. The first-order valence-electron chi connectivity index (χ1n) is 8.12. The second-order valence-corrected chi connectivity index (χ2v) is 6.43. The van der Waals surface area contributed by atoms with Crippen LogP contribution in [0, 0.1) is 0 Å². The molecule has 0 aromatic heterocycles. The van der Waals surface area contributed by atoms with E-state index in [1.165, 1.54) is 64.5 Å². The number of urea groups is 1. The van der Waals surface area contributed by atoms with Crippen molar-refractivity contribution in [2.75, 3.05) is 26.2 Å². The highest BCUT2D eigenvalue weighted by atomic mass is 16.2. The summed E-state index contributed by atoms with van der Waals surface area (Å²) in [7, 11) is 0. The second-order valence-electron chi connectivity index (χ2n) is 6.43. The zero-order chi connectivity index (χ0) is 13.1. The van der Waals surface area contributed by atoms with Gasteiger partial charge in [0.25, 0.3) is 0 Å². The van der Waals surface area contributed by atoms with Gasteiger partial charge in [0.15, 0.2) is 0 Å². The highest BCUT2D eigenvalue weighted by Gasteiger charge is 2.32. The number of likely N-dealkylation sites (tertiary alicyclic amines) is 2. The van der Waals surface area contributed by atoms with Gasteiger partial charge in [-0.1, -0.05) is 12.8 Å². The van der Waals surface area contributed by atoms with Crippen molar-refractivity contribution in [2.45, 2.75) is 63.5 Å². The molecule has 1 aliphatic carbocycles. The molecule has 0 radical (unpaired) electrons. The molecule has 3 fully saturated rings. The van der Waals surface area contributed by atoms with Crippen molar-refractivity contribution in [3.63, 3.8) is 0 Å². The van der Waals surface area contributed by atoms with Gasteiger partial charge in [-0.05, 0) is 51.6 Å². The Hall–Kier alpha value is -0.770. The maximum atomic E-state index is 12.4. The topological polar surface area (TPSA) is 35.6 Å². The molecule has 19 heavy (non-hydrogen) atoms. The largest absolute Gasteiger partial charge is 0.335 e. The minimum absolute atomic E-state index is 0.202. The van der Waals surface area contributed by atoms with Crippen LogP contribution >= 0.6 is 0 Å². The average molecular weight is 265 g/mol. The normalized spacial score (nSPS) is 29.3. The monoisotopic (exact) mass is 265 g/mol. The fraction of sp³-hybridized carbons (Fsp3) is 0.933. The third-order valence-electron chi connectivity index (χ3n) is 4.99. The van der Waals surface area contributed by atoms with Gasteiger partial charge in [0, 0.05) is 25.2 Å². The molecule has 0 bridgehead atoms. The molecule has 4 heteroatoms. The van der Waals surface area contributed by atoms with Gasteiger partial charge in [-0.2, -0.15) is 0 Å². The number of hydrogen-bond donors (Lipinski definition) is 1. The minimum Gasteiger partial charge on any atom is -0.335 e. The Morgan fingerprint density at radius 2 is 1.68 bits per heavy atom. The van der Waals surface area contributed by atoms with Gasteiger partial charge in [-0.25, -0.2) is 4.79 Å². The Morgan fingerprint density at radius 1 is 0.947 bits per heavy atom. The third-order valence-corrected chi connectivity index (χ3v) is 4.99. The molecule has 3 rings (SSSR count). The van der Waals surface area contributed by atoms with Gasteiger partial charge in [-0.15, -0.1) is 0 Å². The van der Waals surface area contributed by atoms with Crippen LogP contribution in [0.15, 0.2) is 0 Å². The van der Waals surface area contributed by atoms with E-state index in [0.29, 0.717) is 12.1 Å². The predicted molar refractivity (Wildman–Crippen MR) is 76.2 cm³/mol. The van der Waals surface area contributed by atoms with Crippen LogP contribution in [0.5, 0.6) is 0 Å². The van der Waals surface area contributed by atoms with Crippen molar-refractivity contribution in [1.82, 2.24) is 15.1 Å². The summed E-state index contributed by atoms with van der Waals surface area (Å²) in [6.45, 7) is 4.51. The maximum Gasteiger partial charge on any atom is 0.317 e. The highest BCUT2D eigenvalue weighted by Crippen LogP contribution is 2.22. The molecule has 0 aromatic rings. The van der Waals surface area contributed by atoms with Crippen molar-refractivity contribution in [3.05, 3.63) is 0 Å². The Morgan fingerprint density at radius 3 is 2.42 bits per heavy atom. The van der Waals surface area contributed by atoms with Crippen LogP contribution in [0.3, 0.4) is 0 Å². The van der Waals surface area contributed by atoms with Gasteiger partial charge >= 0.3 is 6.03 Å². The summed E-state index contributed by atoms with van der Waals surface area (Å²) in [5.74, 6) is 0. The lowest BCUT2D eigenvalue weighted by atomic mass is 10.2. The Kier molecular flexibility index (Phi) is 4.26. The second kappa shape index (κ2) is 6.12. The lowest BCUT2D eigenvalue weighted by Crippen LogP contribution is -2.49. The van der Waals surface area contributed by atoms with Crippen LogP contribution in [0.1, 0.15) is 51.4 Å². The highest BCUT2D eigenvalue weighted by molar-refractivity contribution is 5.75. The summed E-state index contributed by atoms with van der Waals surface area (Å²) in [4.78, 5) is 17.0. The molecular weight excluding hydrogens is 238 g/mol. The number of rotatable bonds is 3. The number of hydrogen-bond acceptors (Lipinski definition) is 2. The third kappa shape index (κ3) is 3.22. The summed E-state index contributed by atoms with van der Waals surface area (Å²) in [5, 5.41) is 3.24. The van der Waals surface area contributed by atoms with Gasteiger partial charge in [0.05, 0.1) is 0 Å². The van der Waals surface area contributed by atoms with Gasteiger partial charge in [0.1, 0.15) is 0 Å². The zero-order valence-electron chi connectivity index (χ0n) is 11.9. The lowest BCUT2D eigenvalue weighted by Gasteiger charge is -2.29. The molecular formula is C15H27N3O. The Balaban J connectivity index is 1.51. The predicted octanol–water partition coefficient (Wildman–Crippen LogP) is 2.20. The molecule has 1 N–H and O–H groups in total. The molecule has 4 nitrogen and oxygen atoms in total. The fourth-order valence-electron chi connectivity index (χ4n) is 3.88. The van der Waals surface area contributed by atoms with E-state index in [2.05, 4.69) is 15.1 Å². The van der Waals surface area contributed by atoms with Crippen LogP contribution < -0.4 is 5.32 Å². The van der Waals surface area contributed by atoms with Crippen LogP contribution in [-0.2, 0) is 0 Å². The molecule has 1 unspecified atom stereocenters. The molecule has 0 aromatic carbocycles. The van der Waals surface area contributed by atoms with E-state index in [-0.39, 0.29) is 6.03 Å². The molecule has 0 spiro atoms. The van der Waals surface area contributed by atoms with E-state index >= 15 is 0 Å². The molecule has 3 aliphatic rings. The smallest absolute Gasteiger partial charge is 0.317 e. The van der Waals surface area contributed by atoms with Crippen molar-refractivity contribution >= 4 is 6.03 Å². The van der Waals surface area contributed by atoms with Crippen molar-refractivity contribution in [1.29, 1.82) is 0 Å². The molecule has 2 saturated heterocycles. The Bertz CT molecular complexity index is 309. The van der Waals surface area contributed by atoms with E-state index < -0.39 is 0 Å². The standard InChI is InChI=1S/C15H27N3O/c19-15(16-13-6-1-2-7-13)18-11-5-8-14(18)12-17-9-3-4-10-17/h13-14H,1-12H2,(H,16,19). The molecule has 2 amide bonds. The summed E-state index contributed by atoms with van der Waals surface area (Å²) in [5.41, 5.74) is 0. The summed E-state index contributed by atoms with van der Waals surface area (Å²) in [6.07, 6.45) is 9.95. The van der Waals surface area contributed by atoms with Crippen molar-refractivity contribution in [2.24, 2.45) is 0 Å². The first-order valence-corrected chi connectivity index (χ1v) is 8.12. The molecule has 1 saturated carbocycles. The summed E-state index contributed by atoms with van der Waals surface area (Å²) in [6, 6.07) is 1.11. The number of carbonyl (C=O) groups is 1. The van der Waals surface area contributed by atoms with Gasteiger partial charge in [-0.3, -0.25) is 0 Å². The summed E-state index contributed by atoms with van der Waals surface area (Å²) < 4.78 is 0. The zero-order valence-corrected chi connectivity index (χ0v) is 11.9. The van der Waals surface area contributed by atoms with Crippen molar-refractivity contribution in [3.8, 4) is 0 Å². The molecule has 1 atom stereocenters. The quantitative estimate of drug-likeness (QED) is 0.849. The van der Waals surface area contributed by atoms with E-state index in [0.717, 1.165) is 13.1 Å². The number of nitrogens with zero attached hydrogens (tertiary/aromatic N) is 2. The van der Waals surface area contributed by atoms with E-state index in [1.807, 2.05) is 0 Å². The van der Waals surface area contributed by atoms with Crippen LogP contribution in [-0.4, -0.2) is 54.1 Å². The van der Waals surface area contributed by atoms with Crippen LogP contribution in [0.2, 0.25) is 0 Å². The van der Waals surface area contributed by atoms with Gasteiger partial charge in [0.2, 0.25) is 0 Å². The Labute approximate surface area is 116 Å². The molecule has 2 aliphatic heterocycles. The SMILES string of the molecule is O=C(NC1CCCC1)N1CCCC1CN1CCCC1. The van der Waals surface area contributed by atoms with E-state index in [1.54, 1.807) is 0 Å². The van der Waals surface area contributed by atoms with Crippen molar-refractivity contribution < 1.29 is 4.79 Å². The molecule has 108 valence electrons. The van der Waals surface area contributed by atoms with E-state index in [4.69, 9.17) is 0 Å². The molecule has 2 heterocycles. The number of nitrogens with one attached hydrogen (secondary N) is 1. The first-order chi connectivity index (χ1) is 9.33. The average Bonchev–Trinajstić information content (AvgIpc) is 3.10. The number of amides is 2. The van der Waals surface area contributed by atoms with E-state index in [9.17, 15) is 4.79 Å². The fourth-order valence-corrected chi connectivity index (χ4v) is 3.88.